The number of halogens is 2. The van der Waals surface area contributed by atoms with E-state index in [4.69, 9.17) is 10.4 Å². The van der Waals surface area contributed by atoms with E-state index in [2.05, 4.69) is 5.32 Å². The third-order valence-electron chi connectivity index (χ3n) is 3.26. The van der Waals surface area contributed by atoms with Gasteiger partial charge in [0.1, 0.15) is 6.07 Å². The third kappa shape index (κ3) is 3.83. The van der Waals surface area contributed by atoms with Crippen LogP contribution in [0.1, 0.15) is 24.1 Å². The fraction of sp³-hybridized carbons (Fsp3) is 0.133. The van der Waals surface area contributed by atoms with E-state index in [-0.39, 0.29) is 10.5 Å². The summed E-state index contributed by atoms with van der Waals surface area (Å²) in [5.74, 6) is -1.92. The molecule has 0 aliphatic carbocycles. The summed E-state index contributed by atoms with van der Waals surface area (Å²) in [4.78, 5) is -0.180. The lowest BCUT2D eigenvalue weighted by molar-refractivity contribution is 0.506. The lowest BCUT2D eigenvalue weighted by atomic mass is 10.1. The first-order chi connectivity index (χ1) is 10.7. The van der Waals surface area contributed by atoms with E-state index in [1.807, 2.05) is 6.07 Å². The van der Waals surface area contributed by atoms with Gasteiger partial charge >= 0.3 is 0 Å². The van der Waals surface area contributed by atoms with Crippen molar-refractivity contribution in [3.05, 3.63) is 59.2 Å². The maximum Gasteiger partial charge on any atom is 0.238 e. The Balaban J connectivity index is 2.32. The number of nitriles is 1. The summed E-state index contributed by atoms with van der Waals surface area (Å²) < 4.78 is 48.8. The maximum absolute atomic E-state index is 13.3. The molecule has 23 heavy (non-hydrogen) atoms. The second-order valence-electron chi connectivity index (χ2n) is 4.90. The van der Waals surface area contributed by atoms with Crippen molar-refractivity contribution >= 4 is 15.7 Å². The van der Waals surface area contributed by atoms with Gasteiger partial charge in [-0.25, -0.2) is 22.3 Å². The first kappa shape index (κ1) is 16.9. The monoisotopic (exact) mass is 337 g/mol. The zero-order valence-corrected chi connectivity index (χ0v) is 12.9. The molecule has 2 rings (SSSR count). The zero-order valence-electron chi connectivity index (χ0n) is 12.0. The van der Waals surface area contributed by atoms with E-state index in [9.17, 15) is 17.2 Å². The highest BCUT2D eigenvalue weighted by molar-refractivity contribution is 7.89. The second kappa shape index (κ2) is 6.32. The van der Waals surface area contributed by atoms with E-state index in [0.717, 1.165) is 18.2 Å². The maximum atomic E-state index is 13.3. The van der Waals surface area contributed by atoms with Gasteiger partial charge in [0.05, 0.1) is 16.1 Å². The van der Waals surface area contributed by atoms with Gasteiger partial charge in [-0.2, -0.15) is 5.26 Å². The van der Waals surface area contributed by atoms with Gasteiger partial charge < -0.3 is 5.32 Å². The van der Waals surface area contributed by atoms with Gasteiger partial charge in [0.15, 0.2) is 11.6 Å². The Bertz CT molecular complexity index is 892. The van der Waals surface area contributed by atoms with E-state index in [0.29, 0.717) is 11.3 Å². The highest BCUT2D eigenvalue weighted by Gasteiger charge is 2.14. The van der Waals surface area contributed by atoms with Crippen molar-refractivity contribution in [2.24, 2.45) is 5.14 Å². The molecule has 0 aromatic heterocycles. The molecule has 0 heterocycles. The normalized spacial score (nSPS) is 12.5. The predicted molar refractivity (Wildman–Crippen MR) is 80.9 cm³/mol. The van der Waals surface area contributed by atoms with Crippen molar-refractivity contribution in [1.82, 2.24) is 0 Å². The summed E-state index contributed by atoms with van der Waals surface area (Å²) in [6.45, 7) is 1.70. The van der Waals surface area contributed by atoms with Crippen molar-refractivity contribution in [3.8, 4) is 6.07 Å². The molecular weight excluding hydrogens is 324 g/mol. The first-order valence-electron chi connectivity index (χ1n) is 6.51. The molecule has 120 valence electrons. The Kier molecular flexibility index (Phi) is 4.63. The number of anilines is 1. The Labute approximate surface area is 132 Å². The van der Waals surface area contributed by atoms with Crippen LogP contribution in [0.5, 0.6) is 0 Å². The largest absolute Gasteiger partial charge is 0.377 e. The molecule has 2 aromatic rings. The Hall–Kier alpha value is -2.50. The summed E-state index contributed by atoms with van der Waals surface area (Å²) in [7, 11) is -3.91. The number of primary sulfonamides is 1. The fourth-order valence-electron chi connectivity index (χ4n) is 2.02. The number of nitrogens with zero attached hydrogens (tertiary/aromatic N) is 1. The number of nitrogens with one attached hydrogen (secondary N) is 1. The fourth-order valence-corrected chi connectivity index (χ4v) is 2.56. The lowest BCUT2D eigenvalue weighted by Crippen LogP contribution is -2.13. The average Bonchev–Trinajstić information content (AvgIpc) is 2.49. The van der Waals surface area contributed by atoms with Crippen LogP contribution in [0.4, 0.5) is 14.5 Å². The van der Waals surface area contributed by atoms with Crippen LogP contribution in [0, 0.1) is 23.0 Å². The minimum atomic E-state index is -3.91. The number of benzene rings is 2. The molecule has 0 spiro atoms. The molecule has 8 heteroatoms. The quantitative estimate of drug-likeness (QED) is 0.896. The highest BCUT2D eigenvalue weighted by atomic mass is 32.2. The van der Waals surface area contributed by atoms with Crippen molar-refractivity contribution in [3.63, 3.8) is 0 Å². The molecule has 0 radical (unpaired) electrons. The van der Waals surface area contributed by atoms with Gasteiger partial charge in [-0.3, -0.25) is 0 Å². The van der Waals surface area contributed by atoms with Crippen LogP contribution in [0.15, 0.2) is 41.3 Å². The van der Waals surface area contributed by atoms with Crippen LogP contribution in [-0.2, 0) is 10.0 Å². The van der Waals surface area contributed by atoms with E-state index >= 15 is 0 Å². The standard InChI is InChI=1S/C15H13F2N3O2S/c1-9(10-2-4-13(16)14(17)7-10)20-15-5-3-12(23(19,21)22)6-11(15)8-18/h2-7,9,20H,1H3,(H2,19,21,22)/t9-/m1/s1. The third-order valence-corrected chi connectivity index (χ3v) is 4.17. The predicted octanol–water partition coefficient (Wildman–Crippen LogP) is 2.66. The molecule has 0 fully saturated rings. The number of sulfonamides is 1. The van der Waals surface area contributed by atoms with Crippen LogP contribution in [0.25, 0.3) is 0 Å². The number of rotatable bonds is 4. The topological polar surface area (TPSA) is 96.0 Å². The van der Waals surface area contributed by atoms with Crippen LogP contribution < -0.4 is 10.5 Å². The van der Waals surface area contributed by atoms with Crippen LogP contribution in [-0.4, -0.2) is 8.42 Å². The molecule has 0 bridgehead atoms. The SMILES string of the molecule is C[C@@H](Nc1ccc(S(N)(=O)=O)cc1C#N)c1ccc(F)c(F)c1. The molecule has 3 N–H and O–H groups in total. The van der Waals surface area contributed by atoms with Crippen molar-refractivity contribution in [2.45, 2.75) is 17.9 Å². The van der Waals surface area contributed by atoms with Gasteiger partial charge in [-0.1, -0.05) is 6.07 Å². The minimum Gasteiger partial charge on any atom is -0.377 e. The number of hydrogen-bond donors (Lipinski definition) is 2. The van der Waals surface area contributed by atoms with Gasteiger partial charge in [-0.05, 0) is 42.8 Å². The van der Waals surface area contributed by atoms with Crippen LogP contribution in [0.3, 0.4) is 0 Å². The summed E-state index contributed by atoms with van der Waals surface area (Å²) in [5, 5.41) is 17.1. The second-order valence-corrected chi connectivity index (χ2v) is 6.47. The Morgan fingerprint density at radius 1 is 1.17 bits per heavy atom. The molecule has 0 aliphatic heterocycles. The Morgan fingerprint density at radius 3 is 2.43 bits per heavy atom. The molecule has 0 saturated heterocycles. The van der Waals surface area contributed by atoms with Crippen LogP contribution >= 0.6 is 0 Å². The van der Waals surface area contributed by atoms with Gasteiger partial charge in [0.2, 0.25) is 10.0 Å². The van der Waals surface area contributed by atoms with Crippen molar-refractivity contribution in [2.75, 3.05) is 5.32 Å². The van der Waals surface area contributed by atoms with Gasteiger partial charge in [0.25, 0.3) is 0 Å². The zero-order chi connectivity index (χ0) is 17.2. The lowest BCUT2D eigenvalue weighted by Gasteiger charge is -2.17. The number of nitrogens with two attached hydrogens (primary N) is 1. The minimum absolute atomic E-state index is 0.0750. The number of hydrogen-bond acceptors (Lipinski definition) is 4. The Morgan fingerprint density at radius 2 is 1.87 bits per heavy atom. The summed E-state index contributed by atoms with van der Waals surface area (Å²) in [6.07, 6.45) is 0. The smallest absolute Gasteiger partial charge is 0.238 e. The molecule has 2 aromatic carbocycles. The van der Waals surface area contributed by atoms with Crippen molar-refractivity contribution in [1.29, 1.82) is 5.26 Å². The molecule has 5 nitrogen and oxygen atoms in total. The van der Waals surface area contributed by atoms with Gasteiger partial charge in [0, 0.05) is 6.04 Å². The summed E-state index contributed by atoms with van der Waals surface area (Å²) >= 11 is 0. The average molecular weight is 337 g/mol. The van der Waals surface area contributed by atoms with E-state index in [1.165, 1.54) is 18.2 Å². The van der Waals surface area contributed by atoms with Crippen LogP contribution in [0.2, 0.25) is 0 Å². The molecule has 1 atom stereocenters. The molecule has 0 saturated carbocycles. The highest BCUT2D eigenvalue weighted by Crippen LogP contribution is 2.25. The van der Waals surface area contributed by atoms with Crippen molar-refractivity contribution < 1.29 is 17.2 Å². The molecule has 0 aliphatic rings. The molecule has 0 unspecified atom stereocenters. The molecule has 0 amide bonds. The first-order valence-corrected chi connectivity index (χ1v) is 8.05. The van der Waals surface area contributed by atoms with E-state index < -0.39 is 27.7 Å². The molecular formula is C15H13F2N3O2S. The summed E-state index contributed by atoms with van der Waals surface area (Å²) in [5.41, 5.74) is 0.909. The van der Waals surface area contributed by atoms with Gasteiger partial charge in [-0.15, -0.1) is 0 Å². The van der Waals surface area contributed by atoms with E-state index in [1.54, 1.807) is 6.92 Å². The summed E-state index contributed by atoms with van der Waals surface area (Å²) in [6, 6.07) is 8.73.